The highest BCUT2D eigenvalue weighted by atomic mass is 35.5. The van der Waals surface area contributed by atoms with Crippen LogP contribution in [0.1, 0.15) is 18.3 Å². The Labute approximate surface area is 173 Å². The Morgan fingerprint density at radius 3 is 2.45 bits per heavy atom. The van der Waals surface area contributed by atoms with Crippen LogP contribution in [0.5, 0.6) is 5.75 Å². The summed E-state index contributed by atoms with van der Waals surface area (Å²) in [4.78, 5) is 18.0. The maximum absolute atomic E-state index is 13.3. The van der Waals surface area contributed by atoms with Crippen molar-refractivity contribution in [2.24, 2.45) is 0 Å². The quantitative estimate of drug-likeness (QED) is 0.436. The van der Waals surface area contributed by atoms with Crippen molar-refractivity contribution in [2.45, 2.75) is 6.92 Å². The minimum absolute atomic E-state index is 0.126. The van der Waals surface area contributed by atoms with Gasteiger partial charge in [-0.3, -0.25) is 9.36 Å². The molecule has 0 N–H and O–H groups in total. The van der Waals surface area contributed by atoms with Gasteiger partial charge in [0.25, 0.3) is 5.56 Å². The molecule has 0 spiro atoms. The molecule has 0 aliphatic carbocycles. The Bertz CT molecular complexity index is 1240. The monoisotopic (exact) mass is 402 g/mol. The lowest BCUT2D eigenvalue weighted by Gasteiger charge is -2.12. The first-order valence-electron chi connectivity index (χ1n) is 9.35. The Balaban J connectivity index is 1.89. The topological polar surface area (TPSA) is 44.1 Å². The van der Waals surface area contributed by atoms with E-state index in [1.807, 2.05) is 85.8 Å². The van der Waals surface area contributed by atoms with Crippen molar-refractivity contribution in [3.8, 4) is 11.4 Å². The van der Waals surface area contributed by atoms with Crippen LogP contribution in [0.25, 0.3) is 28.7 Å². The molecule has 0 aliphatic heterocycles. The second-order valence-corrected chi connectivity index (χ2v) is 6.82. The van der Waals surface area contributed by atoms with Crippen molar-refractivity contribution in [1.29, 1.82) is 0 Å². The first kappa shape index (κ1) is 19.0. The maximum Gasteiger partial charge on any atom is 0.266 e. The lowest BCUT2D eigenvalue weighted by Crippen LogP contribution is -2.22. The minimum Gasteiger partial charge on any atom is -0.494 e. The van der Waals surface area contributed by atoms with E-state index in [9.17, 15) is 4.79 Å². The van der Waals surface area contributed by atoms with E-state index in [1.54, 1.807) is 10.6 Å². The zero-order valence-corrected chi connectivity index (χ0v) is 16.6. The van der Waals surface area contributed by atoms with E-state index in [4.69, 9.17) is 21.3 Å². The number of hydrogen-bond donors (Lipinski definition) is 0. The van der Waals surface area contributed by atoms with Gasteiger partial charge in [-0.25, -0.2) is 4.98 Å². The summed E-state index contributed by atoms with van der Waals surface area (Å²) in [6.45, 7) is 2.52. The summed E-state index contributed by atoms with van der Waals surface area (Å²) < 4.78 is 7.12. The van der Waals surface area contributed by atoms with Gasteiger partial charge in [-0.05, 0) is 67.1 Å². The molecule has 29 heavy (non-hydrogen) atoms. The van der Waals surface area contributed by atoms with Crippen LogP contribution >= 0.6 is 11.6 Å². The SMILES string of the molecule is CCOc1ccc(-n2c(/C=C/c3ccccc3Cl)nc3ccccc3c2=O)cc1. The molecule has 0 radical (unpaired) electrons. The molecular formula is C24H19ClN2O2. The van der Waals surface area contributed by atoms with E-state index >= 15 is 0 Å². The van der Waals surface area contributed by atoms with Crippen molar-refractivity contribution in [3.63, 3.8) is 0 Å². The third-order valence-corrected chi connectivity index (χ3v) is 4.87. The number of aromatic nitrogens is 2. The highest BCUT2D eigenvalue weighted by molar-refractivity contribution is 6.32. The molecule has 0 amide bonds. The summed E-state index contributed by atoms with van der Waals surface area (Å²) in [6.07, 6.45) is 3.68. The Morgan fingerprint density at radius 1 is 0.966 bits per heavy atom. The summed E-state index contributed by atoms with van der Waals surface area (Å²) in [7, 11) is 0. The van der Waals surface area contributed by atoms with Crippen LogP contribution < -0.4 is 10.3 Å². The van der Waals surface area contributed by atoms with E-state index in [-0.39, 0.29) is 5.56 Å². The van der Waals surface area contributed by atoms with Crippen LogP contribution in [0.4, 0.5) is 0 Å². The maximum atomic E-state index is 13.3. The molecule has 4 aromatic rings. The molecular weight excluding hydrogens is 384 g/mol. The van der Waals surface area contributed by atoms with Crippen LogP contribution in [0, 0.1) is 0 Å². The molecule has 1 aromatic heterocycles. The van der Waals surface area contributed by atoms with Gasteiger partial charge in [-0.1, -0.05) is 41.9 Å². The van der Waals surface area contributed by atoms with Crippen molar-refractivity contribution >= 4 is 34.7 Å². The highest BCUT2D eigenvalue weighted by Crippen LogP contribution is 2.20. The van der Waals surface area contributed by atoms with E-state index in [1.165, 1.54) is 0 Å². The third kappa shape index (κ3) is 3.93. The summed E-state index contributed by atoms with van der Waals surface area (Å²) in [5, 5.41) is 1.20. The Hall–Kier alpha value is -3.37. The van der Waals surface area contributed by atoms with Crippen molar-refractivity contribution in [2.75, 3.05) is 6.61 Å². The lowest BCUT2D eigenvalue weighted by atomic mass is 10.2. The van der Waals surface area contributed by atoms with Crippen molar-refractivity contribution in [1.82, 2.24) is 9.55 Å². The fraction of sp³-hybridized carbons (Fsp3) is 0.0833. The largest absolute Gasteiger partial charge is 0.494 e. The van der Waals surface area contributed by atoms with E-state index in [0.29, 0.717) is 28.4 Å². The van der Waals surface area contributed by atoms with E-state index < -0.39 is 0 Å². The average Bonchev–Trinajstić information content (AvgIpc) is 2.74. The zero-order valence-electron chi connectivity index (χ0n) is 15.9. The second kappa shape index (κ2) is 8.33. The van der Waals surface area contributed by atoms with Gasteiger partial charge in [0, 0.05) is 5.02 Å². The number of halogens is 1. The van der Waals surface area contributed by atoms with Crippen LogP contribution in [0.3, 0.4) is 0 Å². The molecule has 0 aliphatic rings. The first-order chi connectivity index (χ1) is 14.2. The standard InChI is InChI=1S/C24H19ClN2O2/c1-2-29-19-14-12-18(13-15-19)27-23(16-11-17-7-3-5-9-21(17)25)26-22-10-6-4-8-20(22)24(27)28/h3-16H,2H2,1H3/b16-11+. The lowest BCUT2D eigenvalue weighted by molar-refractivity contribution is 0.340. The predicted octanol–water partition coefficient (Wildman–Crippen LogP) is 5.61. The summed E-state index contributed by atoms with van der Waals surface area (Å²) >= 11 is 6.27. The van der Waals surface area contributed by atoms with Crippen LogP contribution in [-0.2, 0) is 0 Å². The minimum atomic E-state index is -0.126. The number of hydrogen-bond acceptors (Lipinski definition) is 3. The molecule has 0 fully saturated rings. The zero-order chi connectivity index (χ0) is 20.2. The number of nitrogens with zero attached hydrogens (tertiary/aromatic N) is 2. The molecule has 4 rings (SSSR count). The molecule has 3 aromatic carbocycles. The first-order valence-corrected chi connectivity index (χ1v) is 9.73. The number of ether oxygens (including phenoxy) is 1. The summed E-state index contributed by atoms with van der Waals surface area (Å²) in [5.41, 5.74) is 2.10. The summed E-state index contributed by atoms with van der Waals surface area (Å²) in [5.74, 6) is 1.28. The molecule has 1 heterocycles. The van der Waals surface area contributed by atoms with Crippen molar-refractivity contribution < 1.29 is 4.74 Å². The van der Waals surface area contributed by atoms with Gasteiger partial charge in [-0.2, -0.15) is 0 Å². The molecule has 5 heteroatoms. The highest BCUT2D eigenvalue weighted by Gasteiger charge is 2.11. The van der Waals surface area contributed by atoms with Gasteiger partial charge in [0.15, 0.2) is 0 Å². The van der Waals surface area contributed by atoms with E-state index in [2.05, 4.69) is 0 Å². The molecule has 0 saturated carbocycles. The number of para-hydroxylation sites is 1. The summed E-state index contributed by atoms with van der Waals surface area (Å²) in [6, 6.07) is 22.3. The van der Waals surface area contributed by atoms with Gasteiger partial charge < -0.3 is 4.74 Å². The number of fused-ring (bicyclic) bond motifs is 1. The van der Waals surface area contributed by atoms with Crippen molar-refractivity contribution in [3.05, 3.63) is 99.6 Å². The number of rotatable bonds is 5. The van der Waals surface area contributed by atoms with Gasteiger partial charge in [0.2, 0.25) is 0 Å². The Kier molecular flexibility index (Phi) is 5.45. The van der Waals surface area contributed by atoms with Gasteiger partial charge in [-0.15, -0.1) is 0 Å². The normalized spacial score (nSPS) is 11.2. The van der Waals surface area contributed by atoms with Gasteiger partial charge in [0.05, 0.1) is 23.2 Å². The fourth-order valence-electron chi connectivity index (χ4n) is 3.14. The second-order valence-electron chi connectivity index (χ2n) is 6.41. The Morgan fingerprint density at radius 2 is 1.69 bits per heavy atom. The molecule has 0 bridgehead atoms. The molecule has 144 valence electrons. The van der Waals surface area contributed by atoms with E-state index in [0.717, 1.165) is 17.0 Å². The average molecular weight is 403 g/mol. The van der Waals surface area contributed by atoms with Crippen LogP contribution in [0.2, 0.25) is 5.02 Å². The molecule has 0 atom stereocenters. The smallest absolute Gasteiger partial charge is 0.266 e. The van der Waals surface area contributed by atoms with Crippen LogP contribution in [0.15, 0.2) is 77.6 Å². The van der Waals surface area contributed by atoms with Gasteiger partial charge >= 0.3 is 0 Å². The molecule has 4 nitrogen and oxygen atoms in total. The number of benzene rings is 3. The predicted molar refractivity (Wildman–Crippen MR) is 119 cm³/mol. The molecule has 0 saturated heterocycles. The van der Waals surface area contributed by atoms with Crippen LogP contribution in [-0.4, -0.2) is 16.2 Å². The third-order valence-electron chi connectivity index (χ3n) is 4.52. The molecule has 0 unspecified atom stereocenters. The fourth-order valence-corrected chi connectivity index (χ4v) is 3.34. The van der Waals surface area contributed by atoms with Gasteiger partial charge in [0.1, 0.15) is 11.6 Å².